The molecule has 0 radical (unpaired) electrons. The normalized spacial score (nSPS) is 14.4. The maximum Gasteiger partial charge on any atom is 0.289 e. The summed E-state index contributed by atoms with van der Waals surface area (Å²) in [5.41, 5.74) is 0. The molecule has 0 spiro atoms. The fourth-order valence-electron chi connectivity index (χ4n) is 3.05. The molecule has 0 saturated carbocycles. The van der Waals surface area contributed by atoms with E-state index in [1.54, 1.807) is 41.3 Å². The number of carbonyl (C=O) groups excluding carboxylic acids is 1. The third-order valence-electron chi connectivity index (χ3n) is 4.49. The molecule has 9 nitrogen and oxygen atoms in total. The lowest BCUT2D eigenvalue weighted by Crippen LogP contribution is -2.49. The van der Waals surface area contributed by atoms with Crippen LogP contribution in [0.4, 0.5) is 5.82 Å². The number of hydrogen-bond donors (Lipinski definition) is 0. The van der Waals surface area contributed by atoms with Crippen LogP contribution in [0, 0.1) is 0 Å². The second-order valence-corrected chi connectivity index (χ2v) is 7.24. The van der Waals surface area contributed by atoms with Crippen LogP contribution < -0.4 is 9.64 Å². The number of rotatable bonds is 5. The van der Waals surface area contributed by atoms with Crippen molar-refractivity contribution in [3.63, 3.8) is 0 Å². The maximum absolute atomic E-state index is 12.7. The minimum absolute atomic E-state index is 0.107. The molecule has 1 aliphatic rings. The van der Waals surface area contributed by atoms with Gasteiger partial charge in [-0.2, -0.15) is 10.1 Å². The average molecular weight is 447 g/mol. The first-order chi connectivity index (χ1) is 13.6. The Kier molecular flexibility index (Phi) is 5.29. The van der Waals surface area contributed by atoms with Gasteiger partial charge < -0.3 is 19.0 Å². The van der Waals surface area contributed by atoms with E-state index in [0.29, 0.717) is 50.1 Å². The third-order valence-corrected chi connectivity index (χ3v) is 4.90. The van der Waals surface area contributed by atoms with E-state index in [-0.39, 0.29) is 5.91 Å². The molecular weight excluding hydrogens is 428 g/mol. The van der Waals surface area contributed by atoms with Crippen LogP contribution in [0.25, 0.3) is 0 Å². The standard InChI is InChI=1S/C18H19BrN6O3/c1-27-17-10-20-9-16(22-17)23-4-6-24(7-5-23)18(26)15-3-2-14(28-15)12-25-11-13(19)8-21-25/h2-3,8-11H,4-7,12H2,1H3. The minimum atomic E-state index is -0.107. The molecule has 4 heterocycles. The third kappa shape index (κ3) is 4.01. The molecule has 10 heteroatoms. The summed E-state index contributed by atoms with van der Waals surface area (Å²) in [5, 5.41) is 4.19. The number of aromatic nitrogens is 4. The summed E-state index contributed by atoms with van der Waals surface area (Å²) >= 11 is 3.36. The summed E-state index contributed by atoms with van der Waals surface area (Å²) in [6.45, 7) is 2.98. The van der Waals surface area contributed by atoms with Crippen molar-refractivity contribution >= 4 is 27.7 Å². The monoisotopic (exact) mass is 446 g/mol. The number of halogens is 1. The Hall–Kier alpha value is -2.88. The smallest absolute Gasteiger partial charge is 0.289 e. The molecule has 146 valence electrons. The van der Waals surface area contributed by atoms with Gasteiger partial charge in [-0.3, -0.25) is 14.5 Å². The Morgan fingerprint density at radius 2 is 2.04 bits per heavy atom. The van der Waals surface area contributed by atoms with Crippen LogP contribution in [0.5, 0.6) is 5.88 Å². The number of furan rings is 1. The van der Waals surface area contributed by atoms with Crippen LogP contribution in [0.3, 0.4) is 0 Å². The zero-order valence-corrected chi connectivity index (χ0v) is 16.9. The van der Waals surface area contributed by atoms with Crippen molar-refractivity contribution in [3.8, 4) is 5.88 Å². The van der Waals surface area contributed by atoms with Gasteiger partial charge in [-0.25, -0.2) is 0 Å². The number of piperazine rings is 1. The Bertz CT molecular complexity index is 964. The number of nitrogens with zero attached hydrogens (tertiary/aromatic N) is 6. The van der Waals surface area contributed by atoms with E-state index >= 15 is 0 Å². The van der Waals surface area contributed by atoms with Gasteiger partial charge in [-0.05, 0) is 28.1 Å². The van der Waals surface area contributed by atoms with Gasteiger partial charge in [0.25, 0.3) is 5.91 Å². The molecule has 3 aromatic heterocycles. The molecule has 4 rings (SSSR count). The van der Waals surface area contributed by atoms with E-state index in [2.05, 4.69) is 35.9 Å². The zero-order valence-electron chi connectivity index (χ0n) is 15.3. The quantitative estimate of drug-likeness (QED) is 0.592. The molecule has 0 aromatic carbocycles. The van der Waals surface area contributed by atoms with Crippen molar-refractivity contribution in [3.05, 3.63) is 52.9 Å². The van der Waals surface area contributed by atoms with Crippen LogP contribution in [-0.4, -0.2) is 63.8 Å². The van der Waals surface area contributed by atoms with Crippen molar-refractivity contribution in [1.29, 1.82) is 0 Å². The summed E-state index contributed by atoms with van der Waals surface area (Å²) in [7, 11) is 1.56. The number of methoxy groups -OCH3 is 1. The highest BCUT2D eigenvalue weighted by Gasteiger charge is 2.25. The van der Waals surface area contributed by atoms with Crippen molar-refractivity contribution in [2.75, 3.05) is 38.2 Å². The molecule has 28 heavy (non-hydrogen) atoms. The van der Waals surface area contributed by atoms with Crippen molar-refractivity contribution < 1.29 is 13.9 Å². The predicted octanol–water partition coefficient (Wildman–Crippen LogP) is 2.05. The predicted molar refractivity (Wildman–Crippen MR) is 104 cm³/mol. The van der Waals surface area contributed by atoms with Crippen LogP contribution >= 0.6 is 15.9 Å². The molecular formula is C18H19BrN6O3. The van der Waals surface area contributed by atoms with E-state index in [1.807, 2.05) is 12.3 Å². The Morgan fingerprint density at radius 1 is 1.21 bits per heavy atom. The number of hydrogen-bond acceptors (Lipinski definition) is 7. The molecule has 1 aliphatic heterocycles. The van der Waals surface area contributed by atoms with Crippen LogP contribution in [0.1, 0.15) is 16.3 Å². The largest absolute Gasteiger partial charge is 0.480 e. The first-order valence-corrected chi connectivity index (χ1v) is 9.58. The summed E-state index contributed by atoms with van der Waals surface area (Å²) in [6, 6.07) is 3.53. The van der Waals surface area contributed by atoms with Gasteiger partial charge in [0.15, 0.2) is 11.6 Å². The van der Waals surface area contributed by atoms with Gasteiger partial charge in [0.1, 0.15) is 5.76 Å². The number of carbonyl (C=O) groups is 1. The van der Waals surface area contributed by atoms with E-state index in [9.17, 15) is 4.79 Å². The second kappa shape index (κ2) is 8.01. The Balaban J connectivity index is 1.36. The Labute approximate surface area is 170 Å². The molecule has 1 amide bonds. The summed E-state index contributed by atoms with van der Waals surface area (Å²) in [6.07, 6.45) is 6.83. The molecule has 1 fully saturated rings. The summed E-state index contributed by atoms with van der Waals surface area (Å²) in [5.74, 6) is 2.14. The van der Waals surface area contributed by atoms with Crippen molar-refractivity contribution in [1.82, 2.24) is 24.6 Å². The van der Waals surface area contributed by atoms with E-state index in [1.165, 1.54) is 0 Å². The van der Waals surface area contributed by atoms with E-state index in [0.717, 1.165) is 10.3 Å². The van der Waals surface area contributed by atoms with Crippen LogP contribution in [-0.2, 0) is 6.54 Å². The SMILES string of the molecule is COc1cncc(N2CCN(C(=O)c3ccc(Cn4cc(Br)cn4)o3)CC2)n1. The molecule has 0 unspecified atom stereocenters. The topological polar surface area (TPSA) is 89.5 Å². The minimum Gasteiger partial charge on any atom is -0.480 e. The molecule has 0 atom stereocenters. The van der Waals surface area contributed by atoms with Gasteiger partial charge in [0.05, 0.1) is 36.7 Å². The highest BCUT2D eigenvalue weighted by Crippen LogP contribution is 2.18. The maximum atomic E-state index is 12.7. The van der Waals surface area contributed by atoms with Crippen molar-refractivity contribution in [2.24, 2.45) is 0 Å². The summed E-state index contributed by atoms with van der Waals surface area (Å²) in [4.78, 5) is 25.2. The molecule has 0 aliphatic carbocycles. The van der Waals surface area contributed by atoms with Gasteiger partial charge in [-0.1, -0.05) is 0 Å². The lowest BCUT2D eigenvalue weighted by atomic mass is 10.3. The average Bonchev–Trinajstić information content (AvgIpc) is 3.37. The highest BCUT2D eigenvalue weighted by atomic mass is 79.9. The first-order valence-electron chi connectivity index (χ1n) is 8.79. The molecule has 1 saturated heterocycles. The number of amides is 1. The molecule has 0 N–H and O–H groups in total. The van der Waals surface area contributed by atoms with Gasteiger partial charge >= 0.3 is 0 Å². The van der Waals surface area contributed by atoms with Crippen LogP contribution in [0.2, 0.25) is 0 Å². The Morgan fingerprint density at radius 3 is 2.75 bits per heavy atom. The fraction of sp³-hybridized carbons (Fsp3) is 0.333. The van der Waals surface area contributed by atoms with Gasteiger partial charge in [-0.15, -0.1) is 0 Å². The number of ether oxygens (including phenoxy) is 1. The first kappa shape index (κ1) is 18.5. The van der Waals surface area contributed by atoms with Gasteiger partial charge in [0.2, 0.25) is 5.88 Å². The zero-order chi connectivity index (χ0) is 19.5. The van der Waals surface area contributed by atoms with E-state index in [4.69, 9.17) is 9.15 Å². The van der Waals surface area contributed by atoms with Crippen molar-refractivity contribution in [2.45, 2.75) is 6.54 Å². The number of anilines is 1. The molecule has 0 bridgehead atoms. The van der Waals surface area contributed by atoms with Crippen LogP contribution in [0.15, 0.2) is 45.8 Å². The highest BCUT2D eigenvalue weighted by molar-refractivity contribution is 9.10. The molecule has 3 aromatic rings. The van der Waals surface area contributed by atoms with E-state index < -0.39 is 0 Å². The van der Waals surface area contributed by atoms with Gasteiger partial charge in [0, 0.05) is 32.4 Å². The summed E-state index contributed by atoms with van der Waals surface area (Å²) < 4.78 is 13.5. The lowest BCUT2D eigenvalue weighted by molar-refractivity contribution is 0.0712. The fourth-order valence-corrected chi connectivity index (χ4v) is 3.37. The lowest BCUT2D eigenvalue weighted by Gasteiger charge is -2.34. The second-order valence-electron chi connectivity index (χ2n) is 6.32.